The number of carbonyl (C=O) groups excluding carboxylic acids is 1. The Morgan fingerprint density at radius 1 is 1.03 bits per heavy atom. The van der Waals surface area contributed by atoms with Crippen molar-refractivity contribution in [3.8, 4) is 11.8 Å². The summed E-state index contributed by atoms with van der Waals surface area (Å²) in [5, 5.41) is 0. The van der Waals surface area contributed by atoms with E-state index in [4.69, 9.17) is 4.74 Å². The second kappa shape index (κ2) is 12.0. The van der Waals surface area contributed by atoms with Crippen molar-refractivity contribution in [1.82, 2.24) is 0 Å². The molecule has 1 aromatic carbocycles. The zero-order valence-corrected chi connectivity index (χ0v) is 18.9. The highest BCUT2D eigenvalue weighted by Gasteiger charge is 2.23. The molecule has 2 heteroatoms. The van der Waals surface area contributed by atoms with E-state index in [0.29, 0.717) is 11.5 Å². The van der Waals surface area contributed by atoms with Crippen LogP contribution in [0.15, 0.2) is 36.4 Å². The Labute approximate surface area is 183 Å². The lowest BCUT2D eigenvalue weighted by molar-refractivity contribution is 0.0188. The van der Waals surface area contributed by atoms with Crippen molar-refractivity contribution in [2.24, 2.45) is 17.8 Å². The third-order valence-electron chi connectivity index (χ3n) is 6.83. The molecule has 2 fully saturated rings. The standard InChI is InChI=1S/C28H38O2/c1-3-4-7-23-12-14-24(15-13-23)8-5-6-9-25-16-20-27(21-17-25)30-28(29)26-18-10-22(2)11-19-26/h5,8,10-11,18-19,23-25,27H,3-4,7,12-17,20-21H2,1-2H3/t23-,24-,25-,27-. The van der Waals surface area contributed by atoms with Crippen molar-refractivity contribution < 1.29 is 9.53 Å². The Kier molecular flexibility index (Phi) is 9.06. The molecule has 0 saturated heterocycles. The van der Waals surface area contributed by atoms with Crippen LogP contribution in [0, 0.1) is 36.5 Å². The highest BCUT2D eigenvalue weighted by molar-refractivity contribution is 5.89. The van der Waals surface area contributed by atoms with Crippen LogP contribution >= 0.6 is 0 Å². The number of unbranched alkanes of at least 4 members (excludes halogenated alkanes) is 1. The monoisotopic (exact) mass is 406 g/mol. The van der Waals surface area contributed by atoms with Crippen LogP contribution in [0.1, 0.15) is 93.5 Å². The summed E-state index contributed by atoms with van der Waals surface area (Å²) >= 11 is 0. The summed E-state index contributed by atoms with van der Waals surface area (Å²) in [4.78, 5) is 12.3. The first-order valence-corrected chi connectivity index (χ1v) is 12.1. The van der Waals surface area contributed by atoms with Crippen LogP contribution in [0.2, 0.25) is 0 Å². The Morgan fingerprint density at radius 2 is 1.73 bits per heavy atom. The summed E-state index contributed by atoms with van der Waals surface area (Å²) in [6, 6.07) is 7.60. The van der Waals surface area contributed by atoms with Crippen LogP contribution in [0.25, 0.3) is 0 Å². The van der Waals surface area contributed by atoms with Gasteiger partial charge >= 0.3 is 5.97 Å². The molecular weight excluding hydrogens is 368 g/mol. The molecule has 0 atom stereocenters. The summed E-state index contributed by atoms with van der Waals surface area (Å²) in [7, 11) is 0. The molecule has 0 radical (unpaired) electrons. The number of aryl methyl sites for hydroxylation is 1. The molecular formula is C28H38O2. The van der Waals surface area contributed by atoms with Gasteiger partial charge in [0, 0.05) is 5.92 Å². The second-order valence-corrected chi connectivity index (χ2v) is 9.32. The summed E-state index contributed by atoms with van der Waals surface area (Å²) in [5.74, 6) is 8.67. The zero-order valence-electron chi connectivity index (χ0n) is 18.9. The first kappa shape index (κ1) is 22.7. The molecule has 2 nitrogen and oxygen atoms in total. The number of ether oxygens (including phenoxy) is 1. The lowest BCUT2D eigenvalue weighted by Gasteiger charge is -2.26. The predicted molar refractivity (Wildman–Crippen MR) is 124 cm³/mol. The maximum absolute atomic E-state index is 12.3. The van der Waals surface area contributed by atoms with E-state index < -0.39 is 0 Å². The molecule has 0 aliphatic heterocycles. The van der Waals surface area contributed by atoms with Crippen LogP contribution in [0.3, 0.4) is 0 Å². The number of rotatable bonds is 6. The average molecular weight is 407 g/mol. The molecule has 0 spiro atoms. The van der Waals surface area contributed by atoms with Crippen LogP contribution in [-0.4, -0.2) is 12.1 Å². The summed E-state index contributed by atoms with van der Waals surface area (Å²) < 4.78 is 5.70. The maximum Gasteiger partial charge on any atom is 0.338 e. The second-order valence-electron chi connectivity index (χ2n) is 9.32. The lowest BCUT2D eigenvalue weighted by Crippen LogP contribution is -2.24. The minimum absolute atomic E-state index is 0.0373. The van der Waals surface area contributed by atoms with Gasteiger partial charge < -0.3 is 4.74 Å². The van der Waals surface area contributed by atoms with Gasteiger partial charge in [0.25, 0.3) is 0 Å². The molecule has 0 bridgehead atoms. The van der Waals surface area contributed by atoms with Crippen molar-refractivity contribution >= 4 is 5.97 Å². The molecule has 2 aliphatic carbocycles. The van der Waals surface area contributed by atoms with E-state index >= 15 is 0 Å². The van der Waals surface area contributed by atoms with E-state index in [1.807, 2.05) is 31.2 Å². The third kappa shape index (κ3) is 7.35. The molecule has 30 heavy (non-hydrogen) atoms. The van der Waals surface area contributed by atoms with Gasteiger partial charge in [0.15, 0.2) is 0 Å². The summed E-state index contributed by atoms with van der Waals surface area (Å²) in [6.45, 7) is 4.31. The van der Waals surface area contributed by atoms with Gasteiger partial charge in [0.1, 0.15) is 6.10 Å². The summed E-state index contributed by atoms with van der Waals surface area (Å²) in [6.07, 6.45) is 18.0. The maximum atomic E-state index is 12.3. The smallest absolute Gasteiger partial charge is 0.338 e. The molecule has 1 aromatic rings. The van der Waals surface area contributed by atoms with E-state index in [9.17, 15) is 4.79 Å². The quantitative estimate of drug-likeness (QED) is 0.367. The van der Waals surface area contributed by atoms with Crippen LogP contribution in [0.5, 0.6) is 0 Å². The number of esters is 1. The van der Waals surface area contributed by atoms with Gasteiger partial charge in [-0.1, -0.05) is 61.8 Å². The fourth-order valence-electron chi connectivity index (χ4n) is 4.75. The van der Waals surface area contributed by atoms with Gasteiger partial charge in [-0.05, 0) is 88.3 Å². The number of hydrogen-bond donors (Lipinski definition) is 0. The van der Waals surface area contributed by atoms with E-state index in [1.165, 1.54) is 44.9 Å². The Balaban J connectivity index is 1.34. The van der Waals surface area contributed by atoms with E-state index in [0.717, 1.165) is 43.1 Å². The predicted octanol–water partition coefficient (Wildman–Crippen LogP) is 7.27. The van der Waals surface area contributed by atoms with Crippen LogP contribution in [-0.2, 0) is 4.74 Å². The molecule has 0 N–H and O–H groups in total. The largest absolute Gasteiger partial charge is 0.459 e. The Bertz CT molecular complexity index is 733. The zero-order chi connectivity index (χ0) is 21.2. The van der Waals surface area contributed by atoms with Gasteiger partial charge in [-0.2, -0.15) is 0 Å². The van der Waals surface area contributed by atoms with Gasteiger partial charge in [-0.3, -0.25) is 0 Å². The minimum atomic E-state index is -0.197. The van der Waals surface area contributed by atoms with Crippen molar-refractivity contribution in [2.45, 2.75) is 90.6 Å². The molecule has 2 aliphatic rings. The first-order chi connectivity index (χ1) is 14.6. The molecule has 0 heterocycles. The molecule has 0 aromatic heterocycles. The van der Waals surface area contributed by atoms with Crippen LogP contribution in [0.4, 0.5) is 0 Å². The highest BCUT2D eigenvalue weighted by Crippen LogP contribution is 2.32. The topological polar surface area (TPSA) is 26.3 Å². The van der Waals surface area contributed by atoms with Gasteiger partial charge in [-0.15, -0.1) is 0 Å². The lowest BCUT2D eigenvalue weighted by atomic mass is 9.80. The molecule has 2 saturated carbocycles. The summed E-state index contributed by atoms with van der Waals surface area (Å²) in [5.41, 5.74) is 1.80. The fraction of sp³-hybridized carbons (Fsp3) is 0.607. The molecule has 0 unspecified atom stereocenters. The van der Waals surface area contributed by atoms with Crippen LogP contribution < -0.4 is 0 Å². The van der Waals surface area contributed by atoms with E-state index in [-0.39, 0.29) is 12.1 Å². The minimum Gasteiger partial charge on any atom is -0.459 e. The van der Waals surface area contributed by atoms with Crippen molar-refractivity contribution in [3.63, 3.8) is 0 Å². The SMILES string of the molecule is CCCC[C@H]1CC[C@H](C=CC#C[C@H]2CC[C@H](OC(=O)c3ccc(C)cc3)CC2)CC1. The number of hydrogen-bond acceptors (Lipinski definition) is 2. The van der Waals surface area contributed by atoms with Crippen molar-refractivity contribution in [2.75, 3.05) is 0 Å². The van der Waals surface area contributed by atoms with Crippen molar-refractivity contribution in [3.05, 3.63) is 47.5 Å². The van der Waals surface area contributed by atoms with Gasteiger partial charge in [0.2, 0.25) is 0 Å². The number of benzene rings is 1. The average Bonchev–Trinajstić information content (AvgIpc) is 2.77. The first-order valence-electron chi connectivity index (χ1n) is 12.1. The van der Waals surface area contributed by atoms with E-state index in [2.05, 4.69) is 30.9 Å². The number of allylic oxidation sites excluding steroid dienone is 2. The number of carbonyl (C=O) groups is 1. The van der Waals surface area contributed by atoms with E-state index in [1.54, 1.807) is 0 Å². The molecule has 3 rings (SSSR count). The molecule has 0 amide bonds. The van der Waals surface area contributed by atoms with Gasteiger partial charge in [-0.25, -0.2) is 4.79 Å². The third-order valence-corrected chi connectivity index (χ3v) is 6.83. The van der Waals surface area contributed by atoms with Gasteiger partial charge in [0.05, 0.1) is 5.56 Å². The van der Waals surface area contributed by atoms with Crippen molar-refractivity contribution in [1.29, 1.82) is 0 Å². The fourth-order valence-corrected chi connectivity index (χ4v) is 4.75. The molecule has 162 valence electrons. The normalized spacial score (nSPS) is 26.7. The Morgan fingerprint density at radius 3 is 2.40 bits per heavy atom. The highest BCUT2D eigenvalue weighted by atomic mass is 16.5. The Hall–Kier alpha value is -2.01.